The van der Waals surface area contributed by atoms with Crippen molar-refractivity contribution in [2.24, 2.45) is 0 Å². The summed E-state index contributed by atoms with van der Waals surface area (Å²) in [5, 5.41) is 12.1. The second kappa shape index (κ2) is 10.9. The van der Waals surface area contributed by atoms with Gasteiger partial charge in [0.15, 0.2) is 5.60 Å². The van der Waals surface area contributed by atoms with Crippen molar-refractivity contribution in [2.75, 3.05) is 13.7 Å². The first kappa shape index (κ1) is 27.5. The van der Waals surface area contributed by atoms with Gasteiger partial charge in [0.05, 0.1) is 29.6 Å². The number of aryl methyl sites for hydroxylation is 1. The van der Waals surface area contributed by atoms with Gasteiger partial charge in [0.25, 0.3) is 5.91 Å². The molecule has 0 unspecified atom stereocenters. The molecule has 3 rings (SSSR count). The lowest BCUT2D eigenvalue weighted by molar-refractivity contribution is -0.152. The second-order valence-corrected chi connectivity index (χ2v) is 8.84. The van der Waals surface area contributed by atoms with Crippen molar-refractivity contribution in [1.29, 1.82) is 0 Å². The van der Waals surface area contributed by atoms with E-state index in [4.69, 9.17) is 9.47 Å². The van der Waals surface area contributed by atoms with Gasteiger partial charge < -0.3 is 19.9 Å². The van der Waals surface area contributed by atoms with E-state index in [1.807, 2.05) is 0 Å². The summed E-state index contributed by atoms with van der Waals surface area (Å²) in [5.41, 5.74) is 0.319. The molecule has 0 aliphatic rings. The molecule has 1 amide bonds. The van der Waals surface area contributed by atoms with Crippen molar-refractivity contribution in [2.45, 2.75) is 39.0 Å². The van der Waals surface area contributed by atoms with Crippen LogP contribution in [0.1, 0.15) is 41.0 Å². The minimum Gasteiger partial charge on any atom is -0.497 e. The molecule has 1 aromatic heterocycles. The minimum atomic E-state index is -4.42. The molecule has 0 fully saturated rings. The number of nitrogens with zero attached hydrogens (tertiary/aromatic N) is 1. The summed E-state index contributed by atoms with van der Waals surface area (Å²) < 4.78 is 49.3. The van der Waals surface area contributed by atoms with Crippen molar-refractivity contribution < 1.29 is 37.3 Å². The molecular formula is C27H27F3N2O5. The molecule has 196 valence electrons. The van der Waals surface area contributed by atoms with Gasteiger partial charge in [0.1, 0.15) is 11.5 Å². The highest BCUT2D eigenvalue weighted by atomic mass is 19.4. The molecule has 3 aromatic rings. The summed E-state index contributed by atoms with van der Waals surface area (Å²) in [6, 6.07) is 12.9. The van der Waals surface area contributed by atoms with Crippen LogP contribution in [0.15, 0.2) is 54.6 Å². The number of pyridine rings is 1. The van der Waals surface area contributed by atoms with Crippen LogP contribution in [0.4, 0.5) is 13.2 Å². The number of hydrogen-bond acceptors (Lipinski definition) is 5. The highest BCUT2D eigenvalue weighted by molar-refractivity contribution is 5.95. The van der Waals surface area contributed by atoms with E-state index < -0.39 is 23.3 Å². The van der Waals surface area contributed by atoms with Crippen LogP contribution in [0.2, 0.25) is 0 Å². The van der Waals surface area contributed by atoms with Crippen molar-refractivity contribution >= 4 is 11.9 Å². The molecule has 0 atom stereocenters. The number of ether oxygens (including phenoxy) is 2. The molecule has 10 heteroatoms. The highest BCUT2D eigenvalue weighted by Gasteiger charge is 2.30. The number of amides is 1. The fourth-order valence-electron chi connectivity index (χ4n) is 3.50. The van der Waals surface area contributed by atoms with Gasteiger partial charge in [-0.3, -0.25) is 9.78 Å². The first-order chi connectivity index (χ1) is 17.3. The predicted molar refractivity (Wildman–Crippen MR) is 131 cm³/mol. The standard InChI is InChI=1S/C27H27F3N2O5/c1-16-22(9-10-23(32-16)18-5-7-19(8-6-18)27(28,29)30)24(33)31-12-11-17-13-20(36-4)15-21(14-17)37-26(2,3)25(34)35/h5-10,13-15H,11-12H2,1-4H3,(H,31,33)(H,34,35). The number of hydrogen-bond donors (Lipinski definition) is 2. The molecule has 0 spiro atoms. The van der Waals surface area contributed by atoms with E-state index in [-0.39, 0.29) is 12.5 Å². The number of carbonyl (C=O) groups is 2. The molecule has 0 radical (unpaired) electrons. The summed E-state index contributed by atoms with van der Waals surface area (Å²) >= 11 is 0. The van der Waals surface area contributed by atoms with Crippen LogP contribution in [-0.2, 0) is 17.4 Å². The Morgan fingerprint density at radius 2 is 1.65 bits per heavy atom. The Labute approximate surface area is 212 Å². The third kappa shape index (κ3) is 6.99. The third-order valence-corrected chi connectivity index (χ3v) is 5.60. The largest absolute Gasteiger partial charge is 0.497 e. The van der Waals surface area contributed by atoms with E-state index >= 15 is 0 Å². The van der Waals surface area contributed by atoms with E-state index in [2.05, 4.69) is 10.3 Å². The van der Waals surface area contributed by atoms with E-state index in [1.165, 1.54) is 33.1 Å². The fraction of sp³-hybridized carbons (Fsp3) is 0.296. The molecular weight excluding hydrogens is 489 g/mol. The summed E-state index contributed by atoms with van der Waals surface area (Å²) in [5.74, 6) is -0.654. The van der Waals surface area contributed by atoms with Gasteiger partial charge >= 0.3 is 12.1 Å². The molecule has 0 aliphatic heterocycles. The van der Waals surface area contributed by atoms with Crippen LogP contribution in [0.3, 0.4) is 0 Å². The lowest BCUT2D eigenvalue weighted by atomic mass is 10.1. The molecule has 0 saturated carbocycles. The topological polar surface area (TPSA) is 97.8 Å². The number of carboxylic acid groups (broad SMARTS) is 1. The van der Waals surface area contributed by atoms with Gasteiger partial charge in [-0.2, -0.15) is 13.2 Å². The van der Waals surface area contributed by atoms with Crippen molar-refractivity contribution in [1.82, 2.24) is 10.3 Å². The molecule has 1 heterocycles. The van der Waals surface area contributed by atoms with Gasteiger partial charge in [-0.05, 0) is 69.2 Å². The molecule has 2 N–H and O–H groups in total. The fourth-order valence-corrected chi connectivity index (χ4v) is 3.50. The predicted octanol–water partition coefficient (Wildman–Crippen LogP) is 5.30. The van der Waals surface area contributed by atoms with Gasteiger partial charge in [-0.15, -0.1) is 0 Å². The quantitative estimate of drug-likeness (QED) is 0.401. The average molecular weight is 517 g/mol. The Hall–Kier alpha value is -4.08. The van der Waals surface area contributed by atoms with Crippen LogP contribution in [0, 0.1) is 6.92 Å². The smallest absolute Gasteiger partial charge is 0.416 e. The number of methoxy groups -OCH3 is 1. The second-order valence-electron chi connectivity index (χ2n) is 8.84. The normalized spacial score (nSPS) is 11.6. The molecule has 0 aliphatic carbocycles. The van der Waals surface area contributed by atoms with Crippen molar-refractivity contribution in [3.63, 3.8) is 0 Å². The van der Waals surface area contributed by atoms with E-state index in [1.54, 1.807) is 37.3 Å². The van der Waals surface area contributed by atoms with Gasteiger partial charge in [0.2, 0.25) is 0 Å². The maximum Gasteiger partial charge on any atom is 0.416 e. The average Bonchev–Trinajstić information content (AvgIpc) is 2.82. The zero-order chi connectivity index (χ0) is 27.4. The van der Waals surface area contributed by atoms with E-state index in [9.17, 15) is 27.9 Å². The number of nitrogens with one attached hydrogen (secondary N) is 1. The Bertz CT molecular complexity index is 1290. The van der Waals surface area contributed by atoms with E-state index in [0.717, 1.165) is 17.7 Å². The number of rotatable bonds is 9. The Morgan fingerprint density at radius 3 is 2.22 bits per heavy atom. The zero-order valence-electron chi connectivity index (χ0n) is 20.8. The summed E-state index contributed by atoms with van der Waals surface area (Å²) in [4.78, 5) is 28.5. The SMILES string of the molecule is COc1cc(CCNC(=O)c2ccc(-c3ccc(C(F)(F)F)cc3)nc2C)cc(OC(C)(C)C(=O)O)c1. The van der Waals surface area contributed by atoms with Gasteiger partial charge in [-0.25, -0.2) is 4.79 Å². The molecule has 2 aromatic carbocycles. The number of carbonyl (C=O) groups excluding carboxylic acids is 1. The Morgan fingerprint density at radius 1 is 1.00 bits per heavy atom. The lowest BCUT2D eigenvalue weighted by Gasteiger charge is -2.22. The summed E-state index contributed by atoms with van der Waals surface area (Å²) in [6.45, 7) is 4.80. The first-order valence-corrected chi connectivity index (χ1v) is 11.3. The van der Waals surface area contributed by atoms with Crippen molar-refractivity contribution in [3.05, 3.63) is 77.0 Å². The molecule has 0 saturated heterocycles. The minimum absolute atomic E-state index is 0.272. The van der Waals surface area contributed by atoms with Gasteiger partial charge in [-0.1, -0.05) is 12.1 Å². The summed E-state index contributed by atoms with van der Waals surface area (Å²) in [7, 11) is 1.48. The Balaban J connectivity index is 1.66. The number of carboxylic acids is 1. The van der Waals surface area contributed by atoms with Crippen LogP contribution in [0.5, 0.6) is 11.5 Å². The summed E-state index contributed by atoms with van der Waals surface area (Å²) in [6.07, 6.45) is -4.00. The monoisotopic (exact) mass is 516 g/mol. The number of aromatic nitrogens is 1. The number of halogens is 3. The zero-order valence-corrected chi connectivity index (χ0v) is 20.8. The van der Waals surface area contributed by atoms with Crippen molar-refractivity contribution in [3.8, 4) is 22.8 Å². The van der Waals surface area contributed by atoms with E-state index in [0.29, 0.717) is 40.4 Å². The van der Waals surface area contributed by atoms with Gasteiger partial charge in [0, 0.05) is 18.2 Å². The maximum atomic E-state index is 12.8. The van der Waals surface area contributed by atoms with Crippen LogP contribution in [0.25, 0.3) is 11.3 Å². The Kier molecular flexibility index (Phi) is 8.10. The van der Waals surface area contributed by atoms with Crippen LogP contribution in [-0.4, -0.2) is 41.2 Å². The third-order valence-electron chi connectivity index (χ3n) is 5.60. The lowest BCUT2D eigenvalue weighted by Crippen LogP contribution is -2.37. The first-order valence-electron chi connectivity index (χ1n) is 11.3. The molecule has 0 bridgehead atoms. The van der Waals surface area contributed by atoms with Crippen LogP contribution < -0.4 is 14.8 Å². The molecule has 37 heavy (non-hydrogen) atoms. The molecule has 7 nitrogen and oxygen atoms in total. The number of alkyl halides is 3. The number of benzene rings is 2. The number of aliphatic carboxylic acids is 1. The van der Waals surface area contributed by atoms with Crippen LogP contribution >= 0.6 is 0 Å². The maximum absolute atomic E-state index is 12.8. The highest BCUT2D eigenvalue weighted by Crippen LogP contribution is 2.31.